The zero-order valence-corrected chi connectivity index (χ0v) is 10.8. The van der Waals surface area contributed by atoms with E-state index < -0.39 is 6.09 Å². The predicted molar refractivity (Wildman–Crippen MR) is 63.8 cm³/mol. The smallest absolute Gasteiger partial charge is 0.407 e. The van der Waals surface area contributed by atoms with Crippen molar-refractivity contribution in [3.8, 4) is 0 Å². The van der Waals surface area contributed by atoms with Crippen LogP contribution >= 0.6 is 15.9 Å². The zero-order valence-electron chi connectivity index (χ0n) is 9.19. The molecule has 1 aliphatic rings. The van der Waals surface area contributed by atoms with E-state index in [9.17, 15) is 9.59 Å². The van der Waals surface area contributed by atoms with E-state index in [-0.39, 0.29) is 5.91 Å². The van der Waals surface area contributed by atoms with Crippen LogP contribution in [0, 0.1) is 0 Å². The highest BCUT2D eigenvalue weighted by atomic mass is 79.9. The molecule has 1 fully saturated rings. The van der Waals surface area contributed by atoms with Gasteiger partial charge in [-0.25, -0.2) is 4.79 Å². The maximum absolute atomic E-state index is 11.7. The largest absolute Gasteiger partial charge is 0.465 e. The standard InChI is InChI=1S/C10H17BrN2O3/c11-4-2-1-3-9(14)12-5-7-13(8-6-12)10(15)16/h1-8H2,(H,15,16). The average molecular weight is 293 g/mol. The van der Waals surface area contributed by atoms with E-state index in [1.54, 1.807) is 4.90 Å². The van der Waals surface area contributed by atoms with Gasteiger partial charge in [0.05, 0.1) is 0 Å². The lowest BCUT2D eigenvalue weighted by Crippen LogP contribution is -2.50. The fourth-order valence-electron chi connectivity index (χ4n) is 1.68. The summed E-state index contributed by atoms with van der Waals surface area (Å²) in [6, 6.07) is 0. The second-order valence-corrected chi connectivity index (χ2v) is 4.59. The Morgan fingerprint density at radius 1 is 1.06 bits per heavy atom. The van der Waals surface area contributed by atoms with Gasteiger partial charge in [-0.15, -0.1) is 0 Å². The number of alkyl halides is 1. The Morgan fingerprint density at radius 3 is 2.12 bits per heavy atom. The first-order valence-electron chi connectivity index (χ1n) is 5.46. The van der Waals surface area contributed by atoms with Gasteiger partial charge in [-0.2, -0.15) is 0 Å². The summed E-state index contributed by atoms with van der Waals surface area (Å²) in [4.78, 5) is 25.5. The van der Waals surface area contributed by atoms with Gasteiger partial charge < -0.3 is 14.9 Å². The first-order valence-corrected chi connectivity index (χ1v) is 6.59. The monoisotopic (exact) mass is 292 g/mol. The van der Waals surface area contributed by atoms with Gasteiger partial charge >= 0.3 is 6.09 Å². The Hall–Kier alpha value is -0.780. The molecule has 0 radical (unpaired) electrons. The van der Waals surface area contributed by atoms with E-state index in [1.807, 2.05) is 0 Å². The molecule has 1 aliphatic heterocycles. The van der Waals surface area contributed by atoms with Crippen LogP contribution in [0.15, 0.2) is 0 Å². The summed E-state index contributed by atoms with van der Waals surface area (Å²) in [5, 5.41) is 9.68. The van der Waals surface area contributed by atoms with Crippen molar-refractivity contribution in [2.24, 2.45) is 0 Å². The van der Waals surface area contributed by atoms with Crippen molar-refractivity contribution in [3.05, 3.63) is 0 Å². The van der Waals surface area contributed by atoms with Crippen LogP contribution in [-0.2, 0) is 4.79 Å². The Morgan fingerprint density at radius 2 is 1.62 bits per heavy atom. The quantitative estimate of drug-likeness (QED) is 0.629. The molecule has 16 heavy (non-hydrogen) atoms. The molecule has 0 saturated carbocycles. The molecule has 0 aromatic heterocycles. The Bertz CT molecular complexity index is 252. The molecule has 1 saturated heterocycles. The molecule has 0 bridgehead atoms. The minimum absolute atomic E-state index is 0.144. The Labute approximate surface area is 104 Å². The Balaban J connectivity index is 2.25. The van der Waals surface area contributed by atoms with Gasteiger partial charge in [0.1, 0.15) is 0 Å². The first kappa shape index (κ1) is 13.3. The summed E-state index contributed by atoms with van der Waals surface area (Å²) < 4.78 is 0. The molecule has 0 aromatic rings. The molecule has 6 heteroatoms. The van der Waals surface area contributed by atoms with Gasteiger partial charge in [0.25, 0.3) is 0 Å². The molecule has 2 amide bonds. The van der Waals surface area contributed by atoms with Crippen molar-refractivity contribution in [2.75, 3.05) is 31.5 Å². The summed E-state index contributed by atoms with van der Waals surface area (Å²) in [6.07, 6.45) is 1.56. The van der Waals surface area contributed by atoms with E-state index in [1.165, 1.54) is 4.90 Å². The highest BCUT2D eigenvalue weighted by Gasteiger charge is 2.22. The third-order valence-electron chi connectivity index (χ3n) is 2.68. The van der Waals surface area contributed by atoms with Crippen LogP contribution in [0.2, 0.25) is 0 Å². The molecule has 0 aromatic carbocycles. The second kappa shape index (κ2) is 6.73. The van der Waals surface area contributed by atoms with Crippen LogP contribution in [0.5, 0.6) is 0 Å². The number of unbranched alkanes of at least 4 members (excludes halogenated alkanes) is 1. The van der Waals surface area contributed by atoms with Crippen LogP contribution in [-0.4, -0.2) is 58.4 Å². The highest BCUT2D eigenvalue weighted by molar-refractivity contribution is 9.09. The molecule has 1 rings (SSSR count). The topological polar surface area (TPSA) is 60.9 Å². The lowest BCUT2D eigenvalue weighted by atomic mass is 10.2. The normalized spacial score (nSPS) is 16.3. The van der Waals surface area contributed by atoms with E-state index in [0.29, 0.717) is 32.6 Å². The van der Waals surface area contributed by atoms with Crippen LogP contribution in [0.4, 0.5) is 4.79 Å². The SMILES string of the molecule is O=C(O)N1CCN(C(=O)CCCCBr)CC1. The van der Waals surface area contributed by atoms with Crippen LogP contribution in [0.3, 0.4) is 0 Å². The zero-order chi connectivity index (χ0) is 12.0. The number of carboxylic acid groups (broad SMARTS) is 1. The molecular formula is C10H17BrN2O3. The van der Waals surface area contributed by atoms with Gasteiger partial charge in [-0.1, -0.05) is 15.9 Å². The molecule has 1 N–H and O–H groups in total. The fourth-order valence-corrected chi connectivity index (χ4v) is 2.07. The van der Waals surface area contributed by atoms with E-state index in [2.05, 4.69) is 15.9 Å². The first-order chi connectivity index (χ1) is 7.65. The van der Waals surface area contributed by atoms with E-state index in [0.717, 1.165) is 18.2 Å². The molecular weight excluding hydrogens is 276 g/mol. The molecule has 0 unspecified atom stereocenters. The van der Waals surface area contributed by atoms with Crippen molar-refractivity contribution < 1.29 is 14.7 Å². The number of amides is 2. The van der Waals surface area contributed by atoms with Crippen molar-refractivity contribution in [2.45, 2.75) is 19.3 Å². The number of hydrogen-bond acceptors (Lipinski definition) is 2. The highest BCUT2D eigenvalue weighted by Crippen LogP contribution is 2.07. The number of halogens is 1. The molecule has 0 spiro atoms. The summed E-state index contributed by atoms with van der Waals surface area (Å²) in [6.45, 7) is 1.91. The lowest BCUT2D eigenvalue weighted by molar-refractivity contribution is -0.132. The van der Waals surface area contributed by atoms with Crippen molar-refractivity contribution in [1.82, 2.24) is 9.80 Å². The van der Waals surface area contributed by atoms with Crippen LogP contribution in [0.25, 0.3) is 0 Å². The minimum Gasteiger partial charge on any atom is -0.465 e. The van der Waals surface area contributed by atoms with Gasteiger partial charge in [-0.3, -0.25) is 4.79 Å². The maximum atomic E-state index is 11.7. The molecule has 0 aliphatic carbocycles. The molecule has 5 nitrogen and oxygen atoms in total. The van der Waals surface area contributed by atoms with Gasteiger partial charge in [0.15, 0.2) is 0 Å². The number of carbonyl (C=O) groups is 2. The molecule has 92 valence electrons. The minimum atomic E-state index is -0.897. The van der Waals surface area contributed by atoms with Gasteiger partial charge in [0, 0.05) is 37.9 Å². The summed E-state index contributed by atoms with van der Waals surface area (Å²) in [7, 11) is 0. The van der Waals surface area contributed by atoms with Gasteiger partial charge in [0.2, 0.25) is 5.91 Å². The second-order valence-electron chi connectivity index (χ2n) is 3.80. The van der Waals surface area contributed by atoms with Crippen molar-refractivity contribution in [1.29, 1.82) is 0 Å². The maximum Gasteiger partial charge on any atom is 0.407 e. The third-order valence-corrected chi connectivity index (χ3v) is 3.24. The number of rotatable bonds is 4. The average Bonchev–Trinajstić information content (AvgIpc) is 2.29. The fraction of sp³-hybridized carbons (Fsp3) is 0.800. The van der Waals surface area contributed by atoms with Gasteiger partial charge in [-0.05, 0) is 12.8 Å². The molecule has 1 heterocycles. The number of nitrogens with zero attached hydrogens (tertiary/aromatic N) is 2. The van der Waals surface area contributed by atoms with E-state index in [4.69, 9.17) is 5.11 Å². The molecule has 0 atom stereocenters. The van der Waals surface area contributed by atoms with Crippen molar-refractivity contribution >= 4 is 27.9 Å². The van der Waals surface area contributed by atoms with Crippen molar-refractivity contribution in [3.63, 3.8) is 0 Å². The summed E-state index contributed by atoms with van der Waals surface area (Å²) in [5.74, 6) is 0.144. The van der Waals surface area contributed by atoms with Crippen LogP contribution in [0.1, 0.15) is 19.3 Å². The summed E-state index contributed by atoms with van der Waals surface area (Å²) >= 11 is 3.32. The van der Waals surface area contributed by atoms with E-state index >= 15 is 0 Å². The van der Waals surface area contributed by atoms with Crippen LogP contribution < -0.4 is 0 Å². The predicted octanol–water partition coefficient (Wildman–Crippen LogP) is 1.37. The third kappa shape index (κ3) is 4.00. The summed E-state index contributed by atoms with van der Waals surface area (Å²) in [5.41, 5.74) is 0. The Kier molecular flexibility index (Phi) is 5.59. The lowest BCUT2D eigenvalue weighted by Gasteiger charge is -2.33. The number of piperazine rings is 1. The number of hydrogen-bond donors (Lipinski definition) is 1. The number of carbonyl (C=O) groups excluding carboxylic acids is 1.